The number of nitrogens with one attached hydrogen (secondary N) is 2. The van der Waals surface area contributed by atoms with Crippen molar-refractivity contribution in [3.05, 3.63) is 11.7 Å². The monoisotopic (exact) mass is 387 g/mol. The van der Waals surface area contributed by atoms with Crippen molar-refractivity contribution in [2.45, 2.75) is 37.4 Å². The molecule has 10 N–H and O–H groups in total. The zero-order chi connectivity index (χ0) is 20.6. The second-order valence-corrected chi connectivity index (χ2v) is 5.52. The number of carboxylic acid groups (broad SMARTS) is 1. The first-order chi connectivity index (χ1) is 12.6. The second-order valence-electron chi connectivity index (χ2n) is 5.52. The summed E-state index contributed by atoms with van der Waals surface area (Å²) in [5.74, 6) is -3.20. The van der Waals surface area contributed by atoms with Gasteiger partial charge in [0.05, 0.1) is 19.1 Å². The molecule has 0 spiro atoms. The van der Waals surface area contributed by atoms with Gasteiger partial charge >= 0.3 is 12.0 Å². The van der Waals surface area contributed by atoms with Gasteiger partial charge in [0, 0.05) is 6.42 Å². The standard InChI is InChI=1S/C13H21N7O7/c14-5(4-21)10-19-11(27-20-10)7(3-9(16)23)18-13(26)17-6(12(24)25)1-2-8(15)22/h5-7,21H,1-4,14H2,(H2,15,22)(H2,16,23)(H,24,25)(H2,17,18,26)/t5-,6-,7-/m0/s1. The minimum atomic E-state index is -1.40. The van der Waals surface area contributed by atoms with E-state index >= 15 is 0 Å². The summed E-state index contributed by atoms with van der Waals surface area (Å²) < 4.78 is 4.90. The molecule has 1 aromatic rings. The number of carbonyl (C=O) groups excluding carboxylic acids is 3. The van der Waals surface area contributed by atoms with Crippen molar-refractivity contribution in [1.82, 2.24) is 20.8 Å². The quantitative estimate of drug-likeness (QED) is 0.202. The SMILES string of the molecule is NC(=O)CC[C@H](NC(=O)N[C@@H](CC(N)=O)c1nc([C@@H](N)CO)no1)C(=O)O. The van der Waals surface area contributed by atoms with Crippen LogP contribution in [0.5, 0.6) is 0 Å². The molecule has 0 radical (unpaired) electrons. The minimum Gasteiger partial charge on any atom is -0.480 e. The molecule has 3 atom stereocenters. The molecule has 1 rings (SSSR count). The van der Waals surface area contributed by atoms with Crippen LogP contribution in [0.3, 0.4) is 0 Å². The first-order valence-corrected chi connectivity index (χ1v) is 7.70. The van der Waals surface area contributed by atoms with Crippen LogP contribution in [0.1, 0.15) is 43.1 Å². The molecule has 0 aliphatic rings. The Kier molecular flexibility index (Phi) is 8.09. The normalized spacial score (nSPS) is 14.0. The van der Waals surface area contributed by atoms with E-state index in [2.05, 4.69) is 20.8 Å². The highest BCUT2D eigenvalue weighted by molar-refractivity contribution is 5.84. The van der Waals surface area contributed by atoms with E-state index in [4.69, 9.17) is 31.9 Å². The van der Waals surface area contributed by atoms with Crippen LogP contribution in [0.4, 0.5) is 4.79 Å². The molecule has 150 valence electrons. The molecule has 4 amide bonds. The highest BCUT2D eigenvalue weighted by atomic mass is 16.5. The van der Waals surface area contributed by atoms with Crippen LogP contribution in [0.2, 0.25) is 0 Å². The number of aliphatic carboxylic acids is 1. The van der Waals surface area contributed by atoms with E-state index in [1.165, 1.54) is 0 Å². The van der Waals surface area contributed by atoms with Gasteiger partial charge in [-0.15, -0.1) is 0 Å². The Hall–Kier alpha value is -3.26. The van der Waals surface area contributed by atoms with Crippen LogP contribution >= 0.6 is 0 Å². The lowest BCUT2D eigenvalue weighted by Crippen LogP contribution is -2.47. The van der Waals surface area contributed by atoms with E-state index in [-0.39, 0.29) is 24.6 Å². The summed E-state index contributed by atoms with van der Waals surface area (Å²) in [6.45, 7) is -0.465. The lowest BCUT2D eigenvalue weighted by atomic mass is 10.1. The number of hydrogen-bond donors (Lipinski definition) is 7. The number of aliphatic hydroxyl groups is 1. The maximum atomic E-state index is 12.1. The highest BCUT2D eigenvalue weighted by Crippen LogP contribution is 2.16. The number of aromatic nitrogens is 2. The first-order valence-electron chi connectivity index (χ1n) is 7.70. The maximum absolute atomic E-state index is 12.1. The van der Waals surface area contributed by atoms with Crippen LogP contribution in [-0.4, -0.2) is 56.8 Å². The number of nitrogens with zero attached hydrogens (tertiary/aromatic N) is 2. The Labute approximate surface area is 152 Å². The molecule has 0 aliphatic heterocycles. The lowest BCUT2D eigenvalue weighted by Gasteiger charge is -2.17. The molecule has 0 aliphatic carbocycles. The molecule has 14 nitrogen and oxygen atoms in total. The van der Waals surface area contributed by atoms with Crippen LogP contribution in [0.15, 0.2) is 4.52 Å². The van der Waals surface area contributed by atoms with Crippen molar-refractivity contribution < 1.29 is 33.9 Å². The Morgan fingerprint density at radius 3 is 2.33 bits per heavy atom. The van der Waals surface area contributed by atoms with E-state index in [0.717, 1.165) is 0 Å². The number of carboxylic acids is 1. The average Bonchev–Trinajstić information content (AvgIpc) is 3.06. The van der Waals surface area contributed by atoms with E-state index < -0.39 is 55.0 Å². The molecule has 0 saturated heterocycles. The predicted octanol–water partition coefficient (Wildman–Crippen LogP) is -3.00. The van der Waals surface area contributed by atoms with Gasteiger partial charge in [-0.3, -0.25) is 9.59 Å². The van der Waals surface area contributed by atoms with Gasteiger partial charge in [0.15, 0.2) is 5.82 Å². The number of hydrogen-bond acceptors (Lipinski definition) is 9. The third kappa shape index (κ3) is 7.25. The summed E-state index contributed by atoms with van der Waals surface area (Å²) in [5, 5.41) is 26.0. The summed E-state index contributed by atoms with van der Waals surface area (Å²) in [6, 6.07) is -4.48. The molecule has 0 saturated carbocycles. The fraction of sp³-hybridized carbons (Fsp3) is 0.538. The number of carbonyl (C=O) groups is 4. The number of urea groups is 1. The summed E-state index contributed by atoms with van der Waals surface area (Å²) >= 11 is 0. The van der Waals surface area contributed by atoms with Crippen LogP contribution in [0.25, 0.3) is 0 Å². The molecular formula is C13H21N7O7. The van der Waals surface area contributed by atoms with Crippen molar-refractivity contribution in [2.24, 2.45) is 17.2 Å². The zero-order valence-electron chi connectivity index (χ0n) is 14.1. The number of rotatable bonds is 11. The molecule has 14 heteroatoms. The second kappa shape index (κ2) is 10.0. The lowest BCUT2D eigenvalue weighted by molar-refractivity contribution is -0.139. The Balaban J connectivity index is 2.84. The largest absolute Gasteiger partial charge is 0.480 e. The topological polar surface area (TPSA) is 250 Å². The molecule has 1 aromatic heterocycles. The number of primary amides is 2. The van der Waals surface area contributed by atoms with E-state index in [1.54, 1.807) is 0 Å². The van der Waals surface area contributed by atoms with Gasteiger partial charge in [0.2, 0.25) is 17.7 Å². The van der Waals surface area contributed by atoms with Crippen LogP contribution in [0, 0.1) is 0 Å². The molecule has 27 heavy (non-hydrogen) atoms. The molecular weight excluding hydrogens is 366 g/mol. The maximum Gasteiger partial charge on any atom is 0.326 e. The average molecular weight is 387 g/mol. The summed E-state index contributed by atoms with van der Waals surface area (Å²) in [6.07, 6.45) is -0.912. The van der Waals surface area contributed by atoms with Crippen molar-refractivity contribution in [3.63, 3.8) is 0 Å². The number of aliphatic hydroxyl groups excluding tert-OH is 1. The molecule has 0 unspecified atom stereocenters. The molecule has 0 fully saturated rings. The van der Waals surface area contributed by atoms with Gasteiger partial charge in [0.25, 0.3) is 0 Å². The first kappa shape index (κ1) is 21.8. The summed E-state index contributed by atoms with van der Waals surface area (Å²) in [5.41, 5.74) is 15.6. The van der Waals surface area contributed by atoms with Crippen molar-refractivity contribution in [3.8, 4) is 0 Å². The van der Waals surface area contributed by atoms with Gasteiger partial charge in [-0.2, -0.15) is 4.98 Å². The van der Waals surface area contributed by atoms with Crippen LogP contribution in [-0.2, 0) is 14.4 Å². The minimum absolute atomic E-state index is 0.0611. The summed E-state index contributed by atoms with van der Waals surface area (Å²) in [7, 11) is 0. The van der Waals surface area contributed by atoms with Crippen LogP contribution < -0.4 is 27.8 Å². The van der Waals surface area contributed by atoms with Crippen molar-refractivity contribution in [2.75, 3.05) is 6.61 Å². The fourth-order valence-electron chi connectivity index (χ4n) is 1.92. The van der Waals surface area contributed by atoms with E-state index in [1.807, 2.05) is 0 Å². The highest BCUT2D eigenvalue weighted by Gasteiger charge is 2.27. The van der Waals surface area contributed by atoms with Gasteiger partial charge in [-0.05, 0) is 6.42 Å². The Bertz CT molecular complexity index is 692. The van der Waals surface area contributed by atoms with E-state index in [0.29, 0.717) is 0 Å². The summed E-state index contributed by atoms with van der Waals surface area (Å²) in [4.78, 5) is 49.1. The van der Waals surface area contributed by atoms with Gasteiger partial charge < -0.3 is 42.6 Å². The number of nitrogens with two attached hydrogens (primary N) is 3. The Morgan fingerprint density at radius 2 is 1.81 bits per heavy atom. The van der Waals surface area contributed by atoms with Gasteiger partial charge in [0.1, 0.15) is 12.1 Å². The Morgan fingerprint density at radius 1 is 1.15 bits per heavy atom. The zero-order valence-corrected chi connectivity index (χ0v) is 14.1. The third-order valence-electron chi connectivity index (χ3n) is 3.28. The van der Waals surface area contributed by atoms with Crippen molar-refractivity contribution in [1.29, 1.82) is 0 Å². The predicted molar refractivity (Wildman–Crippen MR) is 86.4 cm³/mol. The van der Waals surface area contributed by atoms with Crippen molar-refractivity contribution >= 4 is 23.8 Å². The smallest absolute Gasteiger partial charge is 0.326 e. The molecule has 0 bridgehead atoms. The van der Waals surface area contributed by atoms with E-state index in [9.17, 15) is 19.2 Å². The fourth-order valence-corrected chi connectivity index (χ4v) is 1.92. The molecule has 1 heterocycles. The van der Waals surface area contributed by atoms with Gasteiger partial charge in [-0.25, -0.2) is 9.59 Å². The van der Waals surface area contributed by atoms with Gasteiger partial charge in [-0.1, -0.05) is 5.16 Å². The molecule has 0 aromatic carbocycles. The number of amides is 4. The third-order valence-corrected chi connectivity index (χ3v) is 3.28.